The number of hydrogen-bond donors (Lipinski definition) is 1. The fourth-order valence-corrected chi connectivity index (χ4v) is 4.20. The number of carbonyl (C=O) groups is 2. The highest BCUT2D eigenvalue weighted by atomic mass is 32.2. The van der Waals surface area contributed by atoms with Crippen molar-refractivity contribution in [3.05, 3.63) is 65.0 Å². The molecule has 0 bridgehead atoms. The summed E-state index contributed by atoms with van der Waals surface area (Å²) in [5.74, 6) is -1.53. The number of nitrogens with zero attached hydrogens (tertiary/aromatic N) is 2. The molecule has 0 unspecified atom stereocenters. The van der Waals surface area contributed by atoms with E-state index in [2.05, 4.69) is 5.32 Å². The molecule has 174 valence electrons. The van der Waals surface area contributed by atoms with Crippen molar-refractivity contribution < 1.29 is 22.4 Å². The molecule has 2 aromatic carbocycles. The molecule has 0 aliphatic heterocycles. The van der Waals surface area contributed by atoms with Gasteiger partial charge in [0.2, 0.25) is 21.8 Å². The maximum Gasteiger partial charge on any atom is 0.244 e. The highest BCUT2D eigenvalue weighted by Gasteiger charge is 2.30. The number of amides is 2. The number of carbonyl (C=O) groups excluding carboxylic acids is 2. The Bertz CT molecular complexity index is 1090. The molecule has 2 rings (SSSR count). The summed E-state index contributed by atoms with van der Waals surface area (Å²) in [6.45, 7) is 6.54. The number of benzene rings is 2. The smallest absolute Gasteiger partial charge is 0.244 e. The number of hydrogen-bond acceptors (Lipinski definition) is 4. The van der Waals surface area contributed by atoms with Crippen molar-refractivity contribution in [3.8, 4) is 0 Å². The monoisotopic (exact) mass is 463 g/mol. The van der Waals surface area contributed by atoms with Crippen molar-refractivity contribution in [1.29, 1.82) is 0 Å². The Kier molecular flexibility index (Phi) is 8.38. The van der Waals surface area contributed by atoms with Gasteiger partial charge < -0.3 is 10.2 Å². The van der Waals surface area contributed by atoms with Gasteiger partial charge in [0.05, 0.1) is 11.9 Å². The first-order valence-electron chi connectivity index (χ1n) is 10.3. The van der Waals surface area contributed by atoms with Crippen LogP contribution in [-0.2, 0) is 26.2 Å². The molecule has 2 amide bonds. The molecule has 1 atom stereocenters. The molecule has 0 aromatic heterocycles. The number of halogens is 1. The second kappa shape index (κ2) is 10.6. The Balaban J connectivity index is 2.45. The molecule has 9 heteroatoms. The summed E-state index contributed by atoms with van der Waals surface area (Å²) in [6.07, 6.45) is 1.02. The van der Waals surface area contributed by atoms with Gasteiger partial charge in [-0.1, -0.05) is 30.3 Å². The van der Waals surface area contributed by atoms with Crippen LogP contribution >= 0.6 is 0 Å². The predicted octanol–water partition coefficient (Wildman–Crippen LogP) is 2.76. The SMILES string of the molecule is CCNC(=O)[C@H](C)N(Cc1ccccc1F)C(=O)CN(c1cc(C)ccc1C)S(C)(=O)=O. The lowest BCUT2D eigenvalue weighted by atomic mass is 10.1. The molecule has 0 aliphatic carbocycles. The van der Waals surface area contributed by atoms with E-state index in [1.54, 1.807) is 32.0 Å². The van der Waals surface area contributed by atoms with Crippen LogP contribution in [0.5, 0.6) is 0 Å². The average molecular weight is 464 g/mol. The van der Waals surface area contributed by atoms with E-state index in [1.165, 1.54) is 30.0 Å². The Morgan fingerprint density at radius 1 is 1.12 bits per heavy atom. The summed E-state index contributed by atoms with van der Waals surface area (Å²) in [6, 6.07) is 10.4. The van der Waals surface area contributed by atoms with Gasteiger partial charge in [-0.3, -0.25) is 13.9 Å². The van der Waals surface area contributed by atoms with E-state index in [-0.39, 0.29) is 12.1 Å². The number of rotatable bonds is 9. The van der Waals surface area contributed by atoms with Crippen LogP contribution < -0.4 is 9.62 Å². The highest BCUT2D eigenvalue weighted by Crippen LogP contribution is 2.24. The number of sulfonamides is 1. The largest absolute Gasteiger partial charge is 0.355 e. The molecule has 32 heavy (non-hydrogen) atoms. The minimum Gasteiger partial charge on any atom is -0.355 e. The lowest BCUT2D eigenvalue weighted by Gasteiger charge is -2.32. The van der Waals surface area contributed by atoms with E-state index in [9.17, 15) is 22.4 Å². The lowest BCUT2D eigenvalue weighted by Crippen LogP contribution is -2.51. The Morgan fingerprint density at radius 3 is 2.38 bits per heavy atom. The van der Waals surface area contributed by atoms with Crippen LogP contribution in [0.1, 0.15) is 30.5 Å². The van der Waals surface area contributed by atoms with Gasteiger partial charge in [-0.05, 0) is 51.0 Å². The van der Waals surface area contributed by atoms with Crippen LogP contribution in [0.25, 0.3) is 0 Å². The maximum atomic E-state index is 14.3. The van der Waals surface area contributed by atoms with Gasteiger partial charge in [-0.15, -0.1) is 0 Å². The molecule has 0 saturated heterocycles. The second-order valence-electron chi connectivity index (χ2n) is 7.74. The zero-order valence-corrected chi connectivity index (χ0v) is 19.9. The third-order valence-electron chi connectivity index (χ3n) is 5.13. The van der Waals surface area contributed by atoms with Gasteiger partial charge in [-0.2, -0.15) is 0 Å². The number of anilines is 1. The molecule has 0 spiro atoms. The van der Waals surface area contributed by atoms with Crippen LogP contribution in [0, 0.1) is 19.7 Å². The number of aryl methyl sites for hydroxylation is 2. The van der Waals surface area contributed by atoms with Crippen LogP contribution in [0.2, 0.25) is 0 Å². The minimum atomic E-state index is -3.81. The number of likely N-dealkylation sites (N-methyl/N-ethyl adjacent to an activating group) is 1. The second-order valence-corrected chi connectivity index (χ2v) is 9.65. The lowest BCUT2D eigenvalue weighted by molar-refractivity contribution is -0.139. The first-order valence-corrected chi connectivity index (χ1v) is 12.2. The quantitative estimate of drug-likeness (QED) is 0.620. The van der Waals surface area contributed by atoms with E-state index in [0.29, 0.717) is 17.8 Å². The van der Waals surface area contributed by atoms with E-state index in [4.69, 9.17) is 0 Å². The van der Waals surface area contributed by atoms with Gasteiger partial charge in [0.25, 0.3) is 0 Å². The van der Waals surface area contributed by atoms with Gasteiger partial charge >= 0.3 is 0 Å². The zero-order chi connectivity index (χ0) is 24.1. The summed E-state index contributed by atoms with van der Waals surface area (Å²) in [5, 5.41) is 2.65. The van der Waals surface area contributed by atoms with Crippen LogP contribution in [0.3, 0.4) is 0 Å². The zero-order valence-electron chi connectivity index (χ0n) is 19.1. The third kappa shape index (κ3) is 6.29. The van der Waals surface area contributed by atoms with Gasteiger partial charge in [0.1, 0.15) is 18.4 Å². The van der Waals surface area contributed by atoms with Gasteiger partial charge in [-0.25, -0.2) is 12.8 Å². The summed E-state index contributed by atoms with van der Waals surface area (Å²) < 4.78 is 40.5. The summed E-state index contributed by atoms with van der Waals surface area (Å²) in [5.41, 5.74) is 2.14. The van der Waals surface area contributed by atoms with Crippen LogP contribution in [0.4, 0.5) is 10.1 Å². The third-order valence-corrected chi connectivity index (χ3v) is 6.26. The van der Waals surface area contributed by atoms with Crippen LogP contribution in [-0.4, -0.2) is 50.5 Å². The van der Waals surface area contributed by atoms with E-state index in [1.807, 2.05) is 13.0 Å². The predicted molar refractivity (Wildman–Crippen MR) is 123 cm³/mol. The van der Waals surface area contributed by atoms with Crippen molar-refractivity contribution in [3.63, 3.8) is 0 Å². The topological polar surface area (TPSA) is 86.8 Å². The molecule has 2 aromatic rings. The van der Waals surface area contributed by atoms with Crippen molar-refractivity contribution in [2.75, 3.05) is 23.7 Å². The molecular formula is C23H30FN3O4S. The molecule has 0 fully saturated rings. The summed E-state index contributed by atoms with van der Waals surface area (Å²) in [4.78, 5) is 27.0. The molecule has 0 heterocycles. The van der Waals surface area contributed by atoms with Gasteiger partial charge in [0, 0.05) is 18.7 Å². The van der Waals surface area contributed by atoms with E-state index in [0.717, 1.165) is 16.1 Å². The van der Waals surface area contributed by atoms with Crippen molar-refractivity contribution >= 4 is 27.5 Å². The Hall–Kier alpha value is -2.94. The average Bonchev–Trinajstić information content (AvgIpc) is 2.72. The fraction of sp³-hybridized carbons (Fsp3) is 0.391. The Labute approximate surface area is 189 Å². The molecule has 1 N–H and O–H groups in total. The Morgan fingerprint density at radius 2 is 1.78 bits per heavy atom. The van der Waals surface area contributed by atoms with Gasteiger partial charge in [0.15, 0.2) is 0 Å². The first kappa shape index (κ1) is 25.3. The fourth-order valence-electron chi connectivity index (χ4n) is 3.30. The standard InChI is InChI=1S/C23H30FN3O4S/c1-6-25-23(29)18(4)26(14-19-9-7-8-10-20(19)24)22(28)15-27(32(5,30)31)21-13-16(2)11-12-17(21)3/h7-13,18H,6,14-15H2,1-5H3,(H,25,29)/t18-/m0/s1. The molecule has 0 radical (unpaired) electrons. The van der Waals surface area contributed by atoms with Crippen molar-refractivity contribution in [1.82, 2.24) is 10.2 Å². The molecule has 0 saturated carbocycles. The van der Waals surface area contributed by atoms with Crippen LogP contribution in [0.15, 0.2) is 42.5 Å². The van der Waals surface area contributed by atoms with Crippen molar-refractivity contribution in [2.24, 2.45) is 0 Å². The molecular weight excluding hydrogens is 433 g/mol. The minimum absolute atomic E-state index is 0.172. The summed E-state index contributed by atoms with van der Waals surface area (Å²) >= 11 is 0. The van der Waals surface area contributed by atoms with E-state index >= 15 is 0 Å². The molecule has 0 aliphatic rings. The molecule has 7 nitrogen and oxygen atoms in total. The normalized spacial score (nSPS) is 12.2. The van der Waals surface area contributed by atoms with Crippen molar-refractivity contribution in [2.45, 2.75) is 40.3 Å². The van der Waals surface area contributed by atoms with E-state index < -0.39 is 40.2 Å². The number of nitrogens with one attached hydrogen (secondary N) is 1. The summed E-state index contributed by atoms with van der Waals surface area (Å²) in [7, 11) is -3.81. The maximum absolute atomic E-state index is 14.3. The first-order chi connectivity index (χ1) is 15.0. The highest BCUT2D eigenvalue weighted by molar-refractivity contribution is 7.92.